The summed E-state index contributed by atoms with van der Waals surface area (Å²) in [6.45, 7) is 3.91. The number of benzene rings is 1. The van der Waals surface area contributed by atoms with Crippen LogP contribution < -0.4 is 11.1 Å². The Kier molecular flexibility index (Phi) is 5.25. The first-order valence-electron chi connectivity index (χ1n) is 11.9. The Morgan fingerprint density at radius 3 is 2.68 bits per heavy atom. The summed E-state index contributed by atoms with van der Waals surface area (Å²) < 4.78 is 22.4. The van der Waals surface area contributed by atoms with Crippen molar-refractivity contribution in [3.63, 3.8) is 0 Å². The van der Waals surface area contributed by atoms with E-state index in [0.29, 0.717) is 39.3 Å². The molecule has 4 aromatic heterocycles. The van der Waals surface area contributed by atoms with Gasteiger partial charge in [-0.3, -0.25) is 14.5 Å². The summed E-state index contributed by atoms with van der Waals surface area (Å²) in [5.41, 5.74) is 9.44. The summed E-state index contributed by atoms with van der Waals surface area (Å²) >= 11 is 0. The van der Waals surface area contributed by atoms with Gasteiger partial charge < -0.3 is 15.5 Å². The number of halogens is 1. The SMILES string of the molecule is Cc1cc(-c2ncco2)ncc1-c1cc2cc(NC(=O)[C@@H]3[C@H](C)[C@H]3c3cnn(C)c3)ncc2c(N)c1F. The van der Waals surface area contributed by atoms with Gasteiger partial charge in [0.2, 0.25) is 11.8 Å². The standard InChI is InChI=1S/C27H24FN7O2/c1-13-6-20(27-30-4-5-37-27)31-10-18(13)17-7-15-8-21(32-11-19(15)25(29)24(17)28)34-26(36)23-14(2)22(23)16-9-33-35(3)12-16/h4-12,14,22-23H,29H2,1-3H3,(H,32,34,36)/t14-,22+,23-/m1/s1. The number of aryl methyl sites for hydroxylation is 2. The highest BCUT2D eigenvalue weighted by Gasteiger charge is 2.52. The third-order valence-corrected chi connectivity index (χ3v) is 7.09. The molecule has 3 atom stereocenters. The van der Waals surface area contributed by atoms with E-state index in [0.717, 1.165) is 11.1 Å². The van der Waals surface area contributed by atoms with Gasteiger partial charge >= 0.3 is 0 Å². The van der Waals surface area contributed by atoms with Crippen LogP contribution in [0, 0.1) is 24.6 Å². The smallest absolute Gasteiger partial charge is 0.244 e. The van der Waals surface area contributed by atoms with E-state index in [-0.39, 0.29) is 29.3 Å². The van der Waals surface area contributed by atoms with Crippen LogP contribution in [0.1, 0.15) is 24.0 Å². The average molecular weight is 498 g/mol. The molecule has 5 aromatic rings. The molecule has 0 aliphatic heterocycles. The number of hydrogen-bond donors (Lipinski definition) is 2. The normalized spacial score (nSPS) is 18.8. The van der Waals surface area contributed by atoms with Gasteiger partial charge in [-0.1, -0.05) is 6.92 Å². The molecule has 0 spiro atoms. The number of pyridine rings is 2. The summed E-state index contributed by atoms with van der Waals surface area (Å²) in [5, 5.41) is 8.26. The summed E-state index contributed by atoms with van der Waals surface area (Å²) in [4.78, 5) is 25.8. The summed E-state index contributed by atoms with van der Waals surface area (Å²) in [5.74, 6) is 0.280. The highest BCUT2D eigenvalue weighted by molar-refractivity contribution is 6.01. The predicted octanol–water partition coefficient (Wildman–Crippen LogP) is 4.70. The van der Waals surface area contributed by atoms with Crippen LogP contribution >= 0.6 is 0 Å². The zero-order valence-electron chi connectivity index (χ0n) is 20.4. The number of rotatable bonds is 5. The van der Waals surface area contributed by atoms with E-state index in [1.165, 1.54) is 18.7 Å². The van der Waals surface area contributed by atoms with Crippen LogP contribution in [0.25, 0.3) is 33.5 Å². The molecule has 1 amide bonds. The van der Waals surface area contributed by atoms with Crippen molar-refractivity contribution >= 4 is 28.2 Å². The number of nitrogens with zero attached hydrogens (tertiary/aromatic N) is 5. The Labute approximate surface area is 211 Å². The maximum atomic E-state index is 15.4. The van der Waals surface area contributed by atoms with Crippen molar-refractivity contribution in [2.45, 2.75) is 19.8 Å². The van der Waals surface area contributed by atoms with Crippen molar-refractivity contribution in [2.75, 3.05) is 11.1 Å². The second-order valence-corrected chi connectivity index (χ2v) is 9.51. The Morgan fingerprint density at radius 2 is 1.97 bits per heavy atom. The van der Waals surface area contributed by atoms with E-state index in [1.807, 2.05) is 20.2 Å². The fourth-order valence-electron chi connectivity index (χ4n) is 5.06. The molecule has 1 fully saturated rings. The molecule has 1 saturated carbocycles. The molecule has 1 aliphatic carbocycles. The minimum atomic E-state index is -0.550. The minimum absolute atomic E-state index is 0.0125. The number of nitrogens with two attached hydrogens (primary N) is 1. The van der Waals surface area contributed by atoms with Gasteiger partial charge in [0.25, 0.3) is 0 Å². The largest absolute Gasteiger partial charge is 0.443 e. The Balaban J connectivity index is 1.30. The van der Waals surface area contributed by atoms with Gasteiger partial charge in [-0.2, -0.15) is 5.10 Å². The summed E-state index contributed by atoms with van der Waals surface area (Å²) in [6, 6.07) is 5.20. The highest BCUT2D eigenvalue weighted by Crippen LogP contribution is 2.54. The molecular formula is C27H24FN7O2. The Morgan fingerprint density at radius 1 is 1.14 bits per heavy atom. The number of carbonyl (C=O) groups is 1. The molecule has 10 heteroatoms. The van der Waals surface area contributed by atoms with Crippen molar-refractivity contribution in [3.05, 3.63) is 72.4 Å². The van der Waals surface area contributed by atoms with E-state index in [1.54, 1.807) is 35.3 Å². The molecule has 4 heterocycles. The van der Waals surface area contributed by atoms with Gasteiger partial charge in [-0.25, -0.2) is 14.4 Å². The molecule has 3 N–H and O–H groups in total. The fourth-order valence-corrected chi connectivity index (χ4v) is 5.06. The summed E-state index contributed by atoms with van der Waals surface area (Å²) in [7, 11) is 1.86. The molecule has 0 unspecified atom stereocenters. The van der Waals surface area contributed by atoms with Crippen molar-refractivity contribution in [3.8, 4) is 22.7 Å². The number of fused-ring (bicyclic) bond motifs is 1. The highest BCUT2D eigenvalue weighted by atomic mass is 19.1. The van der Waals surface area contributed by atoms with Crippen LogP contribution in [0.4, 0.5) is 15.9 Å². The van der Waals surface area contributed by atoms with Crippen molar-refractivity contribution in [1.82, 2.24) is 24.7 Å². The van der Waals surface area contributed by atoms with Crippen LogP contribution in [0.2, 0.25) is 0 Å². The van der Waals surface area contributed by atoms with Crippen molar-refractivity contribution < 1.29 is 13.6 Å². The van der Waals surface area contributed by atoms with E-state index >= 15 is 4.39 Å². The lowest BCUT2D eigenvalue weighted by Gasteiger charge is -2.13. The summed E-state index contributed by atoms with van der Waals surface area (Å²) in [6.07, 6.45) is 9.81. The Bertz CT molecular complexity index is 1660. The lowest BCUT2D eigenvalue weighted by Crippen LogP contribution is -2.16. The first kappa shape index (κ1) is 22.8. The first-order chi connectivity index (χ1) is 17.8. The zero-order chi connectivity index (χ0) is 25.8. The fraction of sp³-hybridized carbons (Fsp3) is 0.222. The van der Waals surface area contributed by atoms with Crippen LogP contribution in [0.15, 0.2) is 59.9 Å². The maximum absolute atomic E-state index is 15.4. The minimum Gasteiger partial charge on any atom is -0.443 e. The van der Waals surface area contributed by atoms with Gasteiger partial charge in [0.1, 0.15) is 17.8 Å². The number of aromatic nitrogens is 5. The number of hydrogen-bond acceptors (Lipinski definition) is 7. The van der Waals surface area contributed by atoms with Gasteiger partial charge in [0.15, 0.2) is 5.82 Å². The topological polar surface area (TPSA) is 125 Å². The van der Waals surface area contributed by atoms with Crippen LogP contribution in [0.3, 0.4) is 0 Å². The lowest BCUT2D eigenvalue weighted by molar-refractivity contribution is -0.117. The van der Waals surface area contributed by atoms with Gasteiger partial charge in [-0.15, -0.1) is 0 Å². The molecule has 186 valence electrons. The molecule has 9 nitrogen and oxygen atoms in total. The van der Waals surface area contributed by atoms with E-state index < -0.39 is 5.82 Å². The van der Waals surface area contributed by atoms with Gasteiger partial charge in [-0.05, 0) is 47.6 Å². The quantitative estimate of drug-likeness (QED) is 0.337. The molecule has 1 aromatic carbocycles. The number of carbonyl (C=O) groups excluding carboxylic acids is 1. The van der Waals surface area contributed by atoms with Crippen LogP contribution in [-0.2, 0) is 11.8 Å². The van der Waals surface area contributed by atoms with Gasteiger partial charge in [0.05, 0.1) is 18.1 Å². The second kappa shape index (κ2) is 8.51. The van der Waals surface area contributed by atoms with Gasteiger partial charge in [0, 0.05) is 54.0 Å². The molecule has 37 heavy (non-hydrogen) atoms. The predicted molar refractivity (Wildman–Crippen MR) is 137 cm³/mol. The number of nitrogens with one attached hydrogen (secondary N) is 1. The van der Waals surface area contributed by atoms with E-state index in [2.05, 4.69) is 32.3 Å². The first-order valence-corrected chi connectivity index (χ1v) is 11.9. The Hall–Kier alpha value is -4.60. The molecule has 6 rings (SSSR count). The monoisotopic (exact) mass is 497 g/mol. The number of amides is 1. The molecule has 0 bridgehead atoms. The van der Waals surface area contributed by atoms with Crippen molar-refractivity contribution in [2.24, 2.45) is 18.9 Å². The molecule has 1 aliphatic rings. The van der Waals surface area contributed by atoms with Crippen molar-refractivity contribution in [1.29, 1.82) is 0 Å². The van der Waals surface area contributed by atoms with Crippen LogP contribution in [0.5, 0.6) is 0 Å². The zero-order valence-corrected chi connectivity index (χ0v) is 20.4. The molecule has 0 saturated heterocycles. The van der Waals surface area contributed by atoms with E-state index in [9.17, 15) is 4.79 Å². The van der Waals surface area contributed by atoms with Crippen LogP contribution in [-0.4, -0.2) is 30.6 Å². The average Bonchev–Trinajstić information content (AvgIpc) is 3.23. The molecular weight excluding hydrogens is 473 g/mol. The number of oxazole rings is 1. The third-order valence-electron chi connectivity index (χ3n) is 7.09. The number of anilines is 2. The second-order valence-electron chi connectivity index (χ2n) is 9.51. The third kappa shape index (κ3) is 3.90. The maximum Gasteiger partial charge on any atom is 0.244 e. The van der Waals surface area contributed by atoms with E-state index in [4.69, 9.17) is 10.2 Å². The number of nitrogen functional groups attached to an aromatic ring is 1. The molecule has 0 radical (unpaired) electrons. The lowest BCUT2D eigenvalue weighted by atomic mass is 9.97.